The van der Waals surface area contributed by atoms with Gasteiger partial charge in [0.15, 0.2) is 25.8 Å². The van der Waals surface area contributed by atoms with Gasteiger partial charge in [0.1, 0.15) is 45.9 Å². The van der Waals surface area contributed by atoms with Crippen LogP contribution in [-0.4, -0.2) is 163 Å². The first-order valence-electron chi connectivity index (χ1n) is 40.8. The fourth-order valence-electron chi connectivity index (χ4n) is 17.3. The molecule has 29 nitrogen and oxygen atoms in total. The maximum absolute atomic E-state index is 14.9. The molecule has 0 saturated carbocycles. The van der Waals surface area contributed by atoms with Crippen molar-refractivity contribution in [2.24, 2.45) is 66.0 Å². The van der Waals surface area contributed by atoms with Crippen molar-refractivity contribution in [3.05, 3.63) is 174 Å². The van der Waals surface area contributed by atoms with Crippen molar-refractivity contribution in [2.45, 2.75) is 204 Å². The molecule has 15 rings (SSSR count). The minimum absolute atomic E-state index is 0.0308. The standard InChI is InChI=1S/C19H24FN3O5S.2C19H26FN3O3S.C14H16FN3O3S.C14H17FN2OS/c1-11-14-10-29-16(21-17(24)28-18(2,3)4)22-19(14,7-8-27-11)13-9-12(23(25)26)5-6-15(13)20;2*1-11-14-10-27-16(22-17(24)26-18(2,3)4)23-19(14,7-8-25-11)13-9-12(21)5-6-15(13)20;1-8-11-7-22-13(16)17-14(11,4-5-21-8)10-6-9(18(19)20)2-3-12(10)15;1-9-11-8-19-13(16)17-14(11,6-7-18-9)10-4-2-3-5-12(10)15/h5-6,9,11,14H,7-8,10H2,1-4H3,(H,21,22,24);2*5-6,9,11,14H,7-8,10,21H2,1-4H3,(H,22,23,24);2-3,6,8,11H,4-5,7H2,1H3,(H2,16,17);2-5,9,11H,6-8H2,1H3,(H2,16,17)/t3*11-,14-,19-;8-,11-,14-;9-,11-,14-/m11111/s1. The number of nitrogens with one attached hydrogen (secondary N) is 3. The van der Waals surface area contributed by atoms with Gasteiger partial charge in [0.05, 0.1) is 68.1 Å². The molecule has 11 N–H and O–H groups in total. The van der Waals surface area contributed by atoms with Crippen molar-refractivity contribution in [2.75, 3.05) is 73.3 Å². The molecule has 10 aliphatic heterocycles. The van der Waals surface area contributed by atoms with Crippen molar-refractivity contribution >= 4 is 126 Å². The van der Waals surface area contributed by atoms with Gasteiger partial charge in [-0.1, -0.05) is 77.0 Å². The minimum Gasteiger partial charge on any atom is -0.444 e. The van der Waals surface area contributed by atoms with Gasteiger partial charge in [-0.15, -0.1) is 0 Å². The van der Waals surface area contributed by atoms with Crippen LogP contribution >= 0.6 is 58.8 Å². The molecule has 0 aromatic heterocycles. The highest BCUT2D eigenvalue weighted by Crippen LogP contribution is 2.55. The number of thioether (sulfide) groups is 5. The van der Waals surface area contributed by atoms with Crippen molar-refractivity contribution in [1.29, 1.82) is 0 Å². The monoisotopic (exact) mass is 1820 g/mol. The molecule has 15 atom stereocenters. The summed E-state index contributed by atoms with van der Waals surface area (Å²) < 4.78 is 118. The largest absolute Gasteiger partial charge is 0.444 e. The summed E-state index contributed by atoms with van der Waals surface area (Å²) in [7, 11) is 0. The van der Waals surface area contributed by atoms with Gasteiger partial charge < -0.3 is 60.8 Å². The summed E-state index contributed by atoms with van der Waals surface area (Å²) in [4.78, 5) is 81.3. The number of halogens is 5. The number of amides is 3. The first kappa shape index (κ1) is 96.1. The number of rotatable bonds is 7. The van der Waals surface area contributed by atoms with Crippen molar-refractivity contribution < 1.29 is 84.1 Å². The van der Waals surface area contributed by atoms with Gasteiger partial charge in [0, 0.05) is 187 Å². The molecule has 5 fully saturated rings. The number of ether oxygens (including phenoxy) is 8. The first-order valence-corrected chi connectivity index (χ1v) is 45.7. The summed E-state index contributed by atoms with van der Waals surface area (Å²) in [5.41, 5.74) is 20.1. The molecule has 5 saturated heterocycles. The van der Waals surface area contributed by atoms with Gasteiger partial charge in [-0.3, -0.25) is 61.1 Å². The Morgan fingerprint density at radius 2 is 0.637 bits per heavy atom. The number of carbonyl (C=O) groups is 3. The molecule has 5 aromatic carbocycles. The fourth-order valence-corrected chi connectivity index (χ4v) is 23.3. The first-order chi connectivity index (χ1) is 58.3. The number of nitrogens with two attached hydrogens (primary N) is 4. The van der Waals surface area contributed by atoms with E-state index in [1.165, 1.54) is 101 Å². The highest BCUT2D eigenvalue weighted by molar-refractivity contribution is 8.15. The average molecular weight is 1820 g/mol. The van der Waals surface area contributed by atoms with Gasteiger partial charge in [-0.25, -0.2) is 36.3 Å². The summed E-state index contributed by atoms with van der Waals surface area (Å²) in [6.45, 7) is 28.1. The van der Waals surface area contributed by atoms with Crippen LogP contribution in [0.4, 0.5) is 59.1 Å². The number of carbonyl (C=O) groups excluding carboxylic acids is 3. The Bertz CT molecular complexity index is 4820. The Hall–Kier alpha value is -8.54. The molecule has 0 unspecified atom stereocenters. The Labute approximate surface area is 738 Å². The molecule has 0 bridgehead atoms. The molecular weight excluding hydrogens is 1710 g/mol. The predicted octanol–water partition coefficient (Wildman–Crippen LogP) is 16.2. The summed E-state index contributed by atoms with van der Waals surface area (Å²) in [6.07, 6.45) is 0.286. The maximum Gasteiger partial charge on any atom is 0.413 e. The molecule has 0 spiro atoms. The van der Waals surface area contributed by atoms with E-state index in [1.54, 1.807) is 80.5 Å². The lowest BCUT2D eigenvalue weighted by atomic mass is 9.72. The van der Waals surface area contributed by atoms with E-state index in [4.69, 9.17) is 75.8 Å². The molecule has 124 heavy (non-hydrogen) atoms. The van der Waals surface area contributed by atoms with Crippen LogP contribution in [0.3, 0.4) is 0 Å². The number of nitro benzene ring substituents is 2. The zero-order valence-corrected chi connectivity index (χ0v) is 75.7. The third kappa shape index (κ3) is 22.2. The third-order valence-corrected chi connectivity index (χ3v) is 27.9. The van der Waals surface area contributed by atoms with Crippen molar-refractivity contribution in [3.63, 3.8) is 0 Å². The van der Waals surface area contributed by atoms with Gasteiger partial charge in [0.2, 0.25) is 0 Å². The molecule has 10 heterocycles. The number of non-ortho nitro benzene ring substituents is 2. The summed E-state index contributed by atoms with van der Waals surface area (Å²) in [5.74, 6) is 1.13. The fraction of sp³-hybridized carbons (Fsp3) is 0.553. The number of aliphatic imine (C=N–C) groups is 5. The lowest BCUT2D eigenvalue weighted by Crippen LogP contribution is -2.51. The highest BCUT2D eigenvalue weighted by Gasteiger charge is 2.56. The predicted molar refractivity (Wildman–Crippen MR) is 476 cm³/mol. The molecule has 5 aromatic rings. The van der Waals surface area contributed by atoms with E-state index in [0.29, 0.717) is 142 Å². The van der Waals surface area contributed by atoms with E-state index >= 15 is 0 Å². The van der Waals surface area contributed by atoms with Crippen LogP contribution in [0.15, 0.2) is 122 Å². The second kappa shape index (κ2) is 39.4. The number of nitro groups is 2. The van der Waals surface area contributed by atoms with Crippen LogP contribution in [0.25, 0.3) is 0 Å². The number of fused-ring (bicyclic) bond motifs is 5. The molecule has 3 amide bonds. The SMILES string of the molecule is C[C@H]1OCC[C@]2(c3cc(N)ccc3F)N=C(NC(=O)OC(C)(C)C)SC[C@H]12.C[C@H]1OCC[C@]2(c3cc(N)ccc3F)N=C(NC(=O)OC(C)(C)C)SC[C@H]12.C[C@H]1OCC[C@]2(c3cc([N+](=O)[O-])ccc3F)N=C(N)SC[C@H]12.C[C@H]1OCC[C@]2(c3cc([N+](=O)[O-])ccc3F)N=C(NC(=O)OC(C)(C)C)SC[C@H]12.C[C@H]1OCC[C@]2(c3ccccc3F)N=C(N)SC[C@H]12. The maximum atomic E-state index is 14.9. The number of hydrogen-bond donors (Lipinski definition) is 7. The molecule has 674 valence electrons. The second-order valence-electron chi connectivity index (χ2n) is 34.7. The third-order valence-electron chi connectivity index (χ3n) is 23.1. The topological polar surface area (TPSA) is 413 Å². The zero-order chi connectivity index (χ0) is 90.4. The smallest absolute Gasteiger partial charge is 0.413 e. The van der Waals surface area contributed by atoms with E-state index in [2.05, 4.69) is 25.9 Å². The summed E-state index contributed by atoms with van der Waals surface area (Å²) >= 11 is 7.09. The number of hydrogen-bond acceptors (Lipinski definition) is 29. The van der Waals surface area contributed by atoms with Gasteiger partial charge in [-0.2, -0.15) is 0 Å². The number of amidine groups is 5. The Morgan fingerprint density at radius 1 is 0.387 bits per heavy atom. The number of benzene rings is 5. The average Bonchev–Trinajstić information content (AvgIpc) is 0.758. The number of nitrogen functional groups attached to an aromatic ring is 2. The van der Waals surface area contributed by atoms with Crippen LogP contribution < -0.4 is 38.9 Å². The van der Waals surface area contributed by atoms with E-state index in [0.717, 1.165) is 30.0 Å². The number of alkyl carbamates (subject to hydrolysis) is 3. The Morgan fingerprint density at radius 3 is 0.919 bits per heavy atom. The molecule has 39 heteroatoms. The number of anilines is 2. The van der Waals surface area contributed by atoms with Crippen molar-refractivity contribution in [3.8, 4) is 0 Å². The van der Waals surface area contributed by atoms with Gasteiger partial charge in [0.25, 0.3) is 11.4 Å². The van der Waals surface area contributed by atoms with Crippen LogP contribution in [0.1, 0.15) is 157 Å². The Balaban J connectivity index is 0.000000152. The normalized spacial score (nSPS) is 29.4. The quantitative estimate of drug-likeness (QED) is 0.0262. The van der Waals surface area contributed by atoms with Crippen LogP contribution in [-0.2, 0) is 65.6 Å². The highest BCUT2D eigenvalue weighted by atomic mass is 32.2. The summed E-state index contributed by atoms with van der Waals surface area (Å²) in [5, 5.41) is 32.4. The molecule has 0 aliphatic carbocycles. The van der Waals surface area contributed by atoms with Gasteiger partial charge >= 0.3 is 18.3 Å². The van der Waals surface area contributed by atoms with Gasteiger partial charge in [-0.05, 0) is 152 Å². The minimum atomic E-state index is -1.07. The lowest BCUT2D eigenvalue weighted by Gasteiger charge is -2.47. The lowest BCUT2D eigenvalue weighted by molar-refractivity contribution is -0.385. The van der Waals surface area contributed by atoms with E-state index in [9.17, 15) is 56.6 Å². The van der Waals surface area contributed by atoms with Crippen molar-refractivity contribution in [1.82, 2.24) is 16.0 Å². The van der Waals surface area contributed by atoms with E-state index < -0.39 is 84.3 Å². The van der Waals surface area contributed by atoms with Crippen LogP contribution in [0.5, 0.6) is 0 Å². The molecular formula is C85H109F5N14O15S5. The Kier molecular flexibility index (Phi) is 30.5. The second-order valence-corrected chi connectivity index (χ2v) is 39.8. The zero-order valence-electron chi connectivity index (χ0n) is 71.6. The van der Waals surface area contributed by atoms with Crippen LogP contribution in [0, 0.1) is 78.9 Å². The van der Waals surface area contributed by atoms with E-state index in [1.807, 2.05) is 46.8 Å². The molecule has 10 aliphatic rings. The summed E-state index contributed by atoms with van der Waals surface area (Å²) in [6, 6.07) is 23.0. The molecule has 0 radical (unpaired) electrons. The number of nitrogens with zero attached hydrogens (tertiary/aromatic N) is 7. The van der Waals surface area contributed by atoms with Crippen LogP contribution in [0.2, 0.25) is 0 Å². The van der Waals surface area contributed by atoms with E-state index in [-0.39, 0.29) is 100 Å².